The zero-order chi connectivity index (χ0) is 27.5. The van der Waals surface area contributed by atoms with Crippen LogP contribution in [0.1, 0.15) is 94.4 Å². The number of nitrogens with zero attached hydrogens (tertiary/aromatic N) is 1. The predicted octanol–water partition coefficient (Wildman–Crippen LogP) is 3.85. The molecule has 14 heteroatoms. The number of ether oxygens (including phenoxy) is 1. The maximum atomic E-state index is 12.1. The average Bonchev–Trinajstić information content (AvgIpc) is 3.72. The monoisotopic (exact) mass is 649 g/mol. The van der Waals surface area contributed by atoms with E-state index in [-0.39, 0.29) is 51.6 Å². The first-order valence-electron chi connectivity index (χ1n) is 13.4. The van der Waals surface area contributed by atoms with Crippen LogP contribution in [-0.4, -0.2) is 79.0 Å². The number of likely N-dealkylation sites (tertiary alicyclic amines) is 1. The maximum absolute atomic E-state index is 12.1. The number of sulfonamides is 1. The molecule has 0 bridgehead atoms. The van der Waals surface area contributed by atoms with E-state index >= 15 is 0 Å². The highest BCUT2D eigenvalue weighted by Gasteiger charge is 2.50. The van der Waals surface area contributed by atoms with Gasteiger partial charge < -0.3 is 15.0 Å². The highest BCUT2D eigenvalue weighted by atomic mass is 35.5. The summed E-state index contributed by atoms with van der Waals surface area (Å²) < 4.78 is 54.8. The first-order valence-corrected chi connectivity index (χ1v) is 16.9. The average molecular weight is 650 g/mol. The van der Waals surface area contributed by atoms with Gasteiger partial charge in [-0.15, -0.1) is 12.4 Å². The Morgan fingerprint density at radius 2 is 1.29 bits per heavy atom. The molecular weight excluding hydrogens is 590 g/mol. The Morgan fingerprint density at radius 3 is 1.66 bits per heavy atom. The molecule has 0 atom stereocenters. The highest BCUT2D eigenvalue weighted by molar-refractivity contribution is 7.88. The molecule has 2 aliphatic heterocycles. The van der Waals surface area contributed by atoms with Crippen LogP contribution in [0.4, 0.5) is 4.79 Å². The number of halogens is 1. The molecular formula is C27H60ClN5O6S2. The fourth-order valence-corrected chi connectivity index (χ4v) is 6.77. The van der Waals surface area contributed by atoms with Gasteiger partial charge in [0.2, 0.25) is 10.0 Å². The number of carbonyl (C=O) groups is 1. The van der Waals surface area contributed by atoms with Crippen LogP contribution in [0.3, 0.4) is 0 Å². The van der Waals surface area contributed by atoms with Crippen molar-refractivity contribution in [2.75, 3.05) is 45.5 Å². The molecule has 5 N–H and O–H groups in total. The third-order valence-corrected chi connectivity index (χ3v) is 9.53. The van der Waals surface area contributed by atoms with E-state index in [0.717, 1.165) is 64.5 Å². The fraction of sp³-hybridized carbons (Fsp3) is 0.963. The van der Waals surface area contributed by atoms with Crippen molar-refractivity contribution in [3.63, 3.8) is 0 Å². The van der Waals surface area contributed by atoms with Gasteiger partial charge in [0.1, 0.15) is 5.60 Å². The Kier molecular flexibility index (Phi) is 17.0. The van der Waals surface area contributed by atoms with E-state index in [9.17, 15) is 21.6 Å². The van der Waals surface area contributed by atoms with Crippen molar-refractivity contribution < 1.29 is 26.4 Å². The van der Waals surface area contributed by atoms with E-state index in [4.69, 9.17) is 9.88 Å². The molecule has 248 valence electrons. The van der Waals surface area contributed by atoms with Gasteiger partial charge in [0.25, 0.3) is 10.2 Å². The van der Waals surface area contributed by atoms with Crippen molar-refractivity contribution in [1.29, 1.82) is 0 Å². The molecule has 0 spiro atoms. The SMILES string of the molecule is C.C.C.CC(C)(C)OC(=O)N1CCC(C2(CNS(C)(=O)=O)CC2)CC1.Cl.NS(=O)(=O)NCC1(C2CCNCC2)CC1. The fourth-order valence-electron chi connectivity index (χ4n) is 5.73. The molecule has 2 saturated carbocycles. The summed E-state index contributed by atoms with van der Waals surface area (Å²) >= 11 is 0. The summed E-state index contributed by atoms with van der Waals surface area (Å²) in [7, 11) is -6.66. The maximum Gasteiger partial charge on any atom is 0.410 e. The quantitative estimate of drug-likeness (QED) is 0.311. The number of hydrogen-bond donors (Lipinski definition) is 4. The number of nitrogens with one attached hydrogen (secondary N) is 3. The van der Waals surface area contributed by atoms with Gasteiger partial charge in [-0.3, -0.25) is 0 Å². The lowest BCUT2D eigenvalue weighted by molar-refractivity contribution is 0.0151. The summed E-state index contributed by atoms with van der Waals surface area (Å²) in [5, 5.41) is 8.27. The van der Waals surface area contributed by atoms with Gasteiger partial charge in [0, 0.05) is 26.2 Å². The first-order chi connectivity index (χ1) is 17.0. The molecule has 4 aliphatic rings. The van der Waals surface area contributed by atoms with Crippen molar-refractivity contribution in [1.82, 2.24) is 19.7 Å². The molecule has 1 amide bonds. The molecule has 0 radical (unpaired) electrons. The first kappa shape index (κ1) is 42.4. The zero-order valence-corrected chi connectivity index (χ0v) is 25.7. The lowest BCUT2D eigenvalue weighted by Crippen LogP contribution is -2.44. The van der Waals surface area contributed by atoms with Gasteiger partial charge in [-0.2, -0.15) is 8.42 Å². The minimum Gasteiger partial charge on any atom is -0.444 e. The van der Waals surface area contributed by atoms with Crippen molar-refractivity contribution >= 4 is 38.7 Å². The van der Waals surface area contributed by atoms with E-state index in [1.807, 2.05) is 20.8 Å². The molecule has 0 unspecified atom stereocenters. The topological polar surface area (TPSA) is 160 Å². The van der Waals surface area contributed by atoms with Gasteiger partial charge in [-0.25, -0.2) is 27.8 Å². The number of hydrogen-bond acceptors (Lipinski definition) is 7. The molecule has 2 saturated heterocycles. The Labute approximate surface area is 257 Å². The molecule has 11 nitrogen and oxygen atoms in total. The Morgan fingerprint density at radius 1 is 0.878 bits per heavy atom. The van der Waals surface area contributed by atoms with E-state index in [1.165, 1.54) is 6.26 Å². The highest BCUT2D eigenvalue weighted by Crippen LogP contribution is 2.55. The number of nitrogens with two attached hydrogens (primary N) is 1. The summed E-state index contributed by atoms with van der Waals surface area (Å²) in [4.78, 5) is 13.8. The van der Waals surface area contributed by atoms with Crippen LogP contribution in [0.15, 0.2) is 0 Å². The summed E-state index contributed by atoms with van der Waals surface area (Å²) in [6.07, 6.45) is 9.55. The van der Waals surface area contributed by atoms with Crippen molar-refractivity contribution in [2.45, 2.75) is 100 Å². The molecule has 2 heterocycles. The third-order valence-electron chi connectivity index (χ3n) is 8.31. The minimum atomic E-state index is -3.52. The van der Waals surface area contributed by atoms with Gasteiger partial charge in [-0.1, -0.05) is 22.3 Å². The van der Waals surface area contributed by atoms with Gasteiger partial charge >= 0.3 is 6.09 Å². The van der Waals surface area contributed by atoms with Crippen LogP contribution >= 0.6 is 12.4 Å². The van der Waals surface area contributed by atoms with Crippen molar-refractivity contribution in [3.05, 3.63) is 0 Å². The molecule has 2 aliphatic carbocycles. The van der Waals surface area contributed by atoms with E-state index < -0.39 is 25.8 Å². The van der Waals surface area contributed by atoms with Crippen LogP contribution in [0.25, 0.3) is 0 Å². The number of piperidine rings is 2. The second kappa shape index (κ2) is 16.4. The molecule has 41 heavy (non-hydrogen) atoms. The number of rotatable bonds is 8. The smallest absolute Gasteiger partial charge is 0.410 e. The number of carbonyl (C=O) groups excluding carboxylic acids is 1. The van der Waals surface area contributed by atoms with Gasteiger partial charge in [0.05, 0.1) is 6.26 Å². The van der Waals surface area contributed by atoms with Gasteiger partial charge in [0.15, 0.2) is 0 Å². The van der Waals surface area contributed by atoms with E-state index in [1.54, 1.807) is 4.90 Å². The molecule has 0 aromatic carbocycles. The van der Waals surface area contributed by atoms with Crippen LogP contribution in [-0.2, 0) is 25.0 Å². The second-order valence-electron chi connectivity index (χ2n) is 12.5. The Bertz CT molecular complexity index is 998. The summed E-state index contributed by atoms with van der Waals surface area (Å²) in [6.45, 7) is 10.2. The standard InChI is InChI=1S/C15H28N2O4S.C9H19N3O2S.3CH4.ClH/c1-14(2,3)21-13(18)17-9-5-12(6-10-17)15(7-8-15)11-16-22(4,19)20;10-15(13,14)12-7-9(3-4-9)8-1-5-11-6-2-8;;;;/h12,16H,5-11H2,1-4H3;8,11-12H,1-7H2,(H2,10,13,14);3*1H4;1H. The summed E-state index contributed by atoms with van der Waals surface area (Å²) in [5.41, 5.74) is -0.136. The Hall–Kier alpha value is -0.700. The molecule has 0 aromatic rings. The molecule has 4 rings (SSSR count). The van der Waals surface area contributed by atoms with Crippen LogP contribution in [0, 0.1) is 22.7 Å². The van der Waals surface area contributed by atoms with Crippen LogP contribution in [0.5, 0.6) is 0 Å². The van der Waals surface area contributed by atoms with Crippen LogP contribution in [0.2, 0.25) is 0 Å². The second-order valence-corrected chi connectivity index (χ2v) is 15.7. The zero-order valence-electron chi connectivity index (χ0n) is 23.3. The van der Waals surface area contributed by atoms with E-state index in [0.29, 0.717) is 38.0 Å². The van der Waals surface area contributed by atoms with Gasteiger partial charge in [-0.05, 0) is 108 Å². The van der Waals surface area contributed by atoms with E-state index in [2.05, 4.69) is 14.8 Å². The minimum absolute atomic E-state index is 0. The lowest BCUT2D eigenvalue weighted by Gasteiger charge is -2.37. The number of amides is 1. The Balaban J connectivity index is 0. The summed E-state index contributed by atoms with van der Waals surface area (Å²) in [6, 6.07) is 0. The van der Waals surface area contributed by atoms with Crippen molar-refractivity contribution in [3.8, 4) is 0 Å². The predicted molar refractivity (Wildman–Crippen MR) is 171 cm³/mol. The van der Waals surface area contributed by atoms with Crippen molar-refractivity contribution in [2.24, 2.45) is 27.8 Å². The van der Waals surface area contributed by atoms with Crippen LogP contribution < -0.4 is 19.9 Å². The normalized spacial score (nSPS) is 21.7. The molecule has 4 fully saturated rings. The molecule has 0 aromatic heterocycles. The lowest BCUT2D eigenvalue weighted by atomic mass is 9.81. The third kappa shape index (κ3) is 14.1. The summed E-state index contributed by atoms with van der Waals surface area (Å²) in [5.74, 6) is 1.15. The largest absolute Gasteiger partial charge is 0.444 e.